The highest BCUT2D eigenvalue weighted by Gasteiger charge is 2.60. The normalized spacial score (nSPS) is 22.2. The number of nitrogens with one attached hydrogen (secondary N) is 10. The molecule has 12 amide bonds. The molecule has 5 aliphatic rings. The summed E-state index contributed by atoms with van der Waals surface area (Å²) >= 11 is 2.54. The number of benzene rings is 1. The minimum absolute atomic E-state index is 0.00845. The number of sulfone groups is 1. The van der Waals surface area contributed by atoms with Crippen LogP contribution < -0.4 is 82.3 Å². The number of Topliss-reactive ketones (excluding diaryl/α,β-unsaturated/α-hetero) is 1. The fourth-order valence-corrected chi connectivity index (χ4v) is 23.9. The van der Waals surface area contributed by atoms with Gasteiger partial charge in [-0.05, 0) is 179 Å². The fourth-order valence-electron chi connectivity index (χ4n) is 19.7. The van der Waals surface area contributed by atoms with Crippen LogP contribution in [0.1, 0.15) is 216 Å². The van der Waals surface area contributed by atoms with E-state index in [9.17, 15) is 90.5 Å². The third-order valence-corrected chi connectivity index (χ3v) is 30.9. The Balaban J connectivity index is 0.904. The average molecular weight is 1890 g/mol. The topological polar surface area (TPSA) is 636 Å². The number of primary amides is 2. The quantitative estimate of drug-likeness (QED) is 0.0149. The number of alkyl carbamates (subject to hydrolysis) is 1. The molecule has 3 saturated carbocycles. The first kappa shape index (κ1) is 108. The Kier molecular flexibility index (Phi) is 42.7. The molecular formula is C90H144N18O20S3. The highest BCUT2D eigenvalue weighted by Crippen LogP contribution is 2.67. The number of carboxylic acids is 2. The summed E-state index contributed by atoms with van der Waals surface area (Å²) in [6.45, 7) is 19.3. The summed E-state index contributed by atoms with van der Waals surface area (Å²) in [7, 11) is -3.53. The van der Waals surface area contributed by atoms with Crippen molar-refractivity contribution in [3.8, 4) is 0 Å². The monoisotopic (exact) mass is 1890 g/mol. The zero-order chi connectivity index (χ0) is 96.8. The summed E-state index contributed by atoms with van der Waals surface area (Å²) in [5, 5.41) is 42.8. The number of nitrogens with zero attached hydrogens (tertiary/aromatic N) is 2. The van der Waals surface area contributed by atoms with Gasteiger partial charge in [0.2, 0.25) is 65.0 Å². The summed E-state index contributed by atoms with van der Waals surface area (Å²) in [5.41, 5.74) is 37.4. The van der Waals surface area contributed by atoms with E-state index in [1.807, 2.05) is 0 Å². The van der Waals surface area contributed by atoms with Gasteiger partial charge in [-0.3, -0.25) is 67.3 Å². The molecule has 24 N–H and O–H groups in total. The summed E-state index contributed by atoms with van der Waals surface area (Å²) in [6.07, 6.45) is 13.2. The minimum Gasteiger partial charge on any atom is -0.481 e. The number of hydrogen-bond donors (Lipinski definition) is 18. The summed E-state index contributed by atoms with van der Waals surface area (Å²) < 4.78 is 32.4. The molecule has 1 aliphatic heterocycles. The van der Waals surface area contributed by atoms with E-state index in [-0.39, 0.29) is 111 Å². The van der Waals surface area contributed by atoms with Gasteiger partial charge in [-0.15, -0.1) is 0 Å². The predicted octanol–water partition coefficient (Wildman–Crippen LogP) is 3.08. The van der Waals surface area contributed by atoms with Crippen LogP contribution in [-0.2, 0) is 88.1 Å². The van der Waals surface area contributed by atoms with Gasteiger partial charge < -0.3 is 107 Å². The number of carboxylic acid groups (broad SMARTS) is 2. The molecule has 7 rings (SSSR count). The van der Waals surface area contributed by atoms with Crippen molar-refractivity contribution in [1.29, 1.82) is 0 Å². The molecule has 1 aromatic heterocycles. The molecule has 38 nitrogen and oxygen atoms in total. The Morgan fingerprint density at radius 3 is 1.89 bits per heavy atom. The first-order chi connectivity index (χ1) is 61.9. The number of thioether (sulfide) groups is 2. The van der Waals surface area contributed by atoms with Gasteiger partial charge in [0.05, 0.1) is 36.4 Å². The number of guanidine groups is 1. The van der Waals surface area contributed by atoms with Gasteiger partial charge in [0.25, 0.3) is 5.78 Å². The van der Waals surface area contributed by atoms with Crippen LogP contribution in [0.4, 0.5) is 4.79 Å². The van der Waals surface area contributed by atoms with Crippen LogP contribution in [0.3, 0.4) is 0 Å². The number of nitrogens with two attached hydrogens (primary N) is 6. The molecule has 131 heavy (non-hydrogen) atoms. The van der Waals surface area contributed by atoms with Gasteiger partial charge in [-0.1, -0.05) is 111 Å². The van der Waals surface area contributed by atoms with Crippen LogP contribution in [0.5, 0.6) is 0 Å². The van der Waals surface area contributed by atoms with Crippen molar-refractivity contribution in [2.75, 3.05) is 60.7 Å². The van der Waals surface area contributed by atoms with Gasteiger partial charge in [0, 0.05) is 79.0 Å². The lowest BCUT2D eigenvalue weighted by molar-refractivity contribution is -0.150. The maximum Gasteiger partial charge on any atom is 0.407 e. The second kappa shape index (κ2) is 51.6. The summed E-state index contributed by atoms with van der Waals surface area (Å²) in [6, 6.07) is -9.12. The molecule has 0 unspecified atom stereocenters. The van der Waals surface area contributed by atoms with E-state index < -0.39 is 191 Å². The van der Waals surface area contributed by atoms with Crippen molar-refractivity contribution in [3.63, 3.8) is 0 Å². The lowest BCUT2D eigenvalue weighted by atomic mass is 9.47. The van der Waals surface area contributed by atoms with Gasteiger partial charge in [0.15, 0.2) is 15.8 Å². The number of carbonyl (C=O) groups excluding carboxylic acids is 13. The summed E-state index contributed by atoms with van der Waals surface area (Å²) in [4.78, 5) is 213. The van der Waals surface area contributed by atoms with E-state index in [4.69, 9.17) is 39.1 Å². The van der Waals surface area contributed by atoms with E-state index in [0.29, 0.717) is 64.6 Å². The molecule has 2 aromatic rings. The van der Waals surface area contributed by atoms with Crippen molar-refractivity contribution in [1.82, 2.24) is 57.7 Å². The van der Waals surface area contributed by atoms with Gasteiger partial charge >= 0.3 is 18.0 Å². The highest BCUT2D eigenvalue weighted by atomic mass is 32.2. The number of unbranched alkanes of at least 4 members (excludes halogenated alkanes) is 1. The molecule has 2 heterocycles. The lowest BCUT2D eigenvalue weighted by Gasteiger charge is -2.58. The number of H-pyrrole nitrogens is 1. The average Bonchev–Trinajstić information content (AvgIpc) is 1.64. The molecule has 4 fully saturated rings. The number of aromatic amines is 1. The van der Waals surface area contributed by atoms with Crippen molar-refractivity contribution < 1.29 is 95.3 Å². The number of rotatable bonds is 56. The number of amides is 12. The standard InChI is InChI=1S/C90H144N18O20S3/c1-50(2)17-14-18-53(7)59-26-27-60-58-25-24-55-45-56(30-32-89(55,8)61(58)31-33-90(59,60)9)128-88(125)98-36-38-129-39-41-131(126,127)42-40-130-49-62(92)77(114)100-64(21-12-13-34-91)80(117)107-75(52(5)6)85(122)108-37-16-23-71(108)84(121)102-65(22-15-35-97-87(95)96)78(115)105-69(46-73(94)110)82(119)101-66(28-29-72(93)109)79(116)106-70(47-74(111)112)83(120)104-68(44-54-48-99-63-20-11-10-19-57(54)63)81(118)103-67(43-51(3)4)76(113)86(123)124/h10-11,19-20,24,48,50-53,56,58-62,64-71,75,99H,12-18,21-23,25-47,49,91-92H2,1-9H3,(H2,93,109)(H2,94,110)(H,98,125)(H,100,114)(H,101,119)(H,102,121)(H,103,118)(H,104,120)(H,105,115)(H,106,116)(H,107,117)(H,111,112)(H,123,124)(H4,95,96,97)/t53-,56+,58+,59-,60+,61+,62+,64+,65+,66+,67+,68+,69+,70+,71+,75+,89+,90-/m1/s1. The van der Waals surface area contributed by atoms with Crippen LogP contribution in [0, 0.1) is 58.2 Å². The van der Waals surface area contributed by atoms with Gasteiger partial charge in [-0.25, -0.2) is 18.0 Å². The lowest BCUT2D eigenvalue weighted by Crippen LogP contribution is -2.61. The van der Waals surface area contributed by atoms with E-state index in [1.54, 1.807) is 52.0 Å². The van der Waals surface area contributed by atoms with Crippen LogP contribution in [-0.4, -0.2) is 250 Å². The van der Waals surface area contributed by atoms with E-state index in [2.05, 4.69) is 98.5 Å². The predicted molar refractivity (Wildman–Crippen MR) is 499 cm³/mol. The second-order valence-corrected chi connectivity index (χ2v) is 42.3. The molecule has 18 atom stereocenters. The van der Waals surface area contributed by atoms with Crippen LogP contribution in [0.2, 0.25) is 0 Å². The van der Waals surface area contributed by atoms with Crippen LogP contribution in [0.15, 0.2) is 47.1 Å². The maximum absolute atomic E-state index is 14.8. The number of allylic oxidation sites excluding steroid dienone is 1. The van der Waals surface area contributed by atoms with Crippen LogP contribution >= 0.6 is 23.5 Å². The Morgan fingerprint density at radius 1 is 0.634 bits per heavy atom. The first-order valence-corrected chi connectivity index (χ1v) is 50.3. The third kappa shape index (κ3) is 32.6. The molecule has 0 spiro atoms. The zero-order valence-electron chi connectivity index (χ0n) is 77.3. The maximum atomic E-state index is 14.8. The molecule has 0 bridgehead atoms. The first-order valence-electron chi connectivity index (χ1n) is 46.2. The number of carbonyl (C=O) groups is 15. The Bertz CT molecular complexity index is 4490. The molecule has 41 heteroatoms. The highest BCUT2D eigenvalue weighted by molar-refractivity contribution is 8.02. The third-order valence-electron chi connectivity index (χ3n) is 26.6. The Labute approximate surface area is 776 Å². The Morgan fingerprint density at radius 2 is 1.24 bits per heavy atom. The summed E-state index contributed by atoms with van der Waals surface area (Å²) in [5.74, 6) is -12.6. The largest absolute Gasteiger partial charge is 0.481 e. The molecule has 1 saturated heterocycles. The SMILES string of the molecule is CC(C)CCC[C@@H](C)[C@H]1CC[C@H]2[C@@H]3CC=C4C[C@@H](OC(=O)NCCSCCS(=O)(=O)CCSC[C@H](N)C(=O)N[C@@H](CCCCN)C(=O)N[C@H](C(=O)N5CCC[C@H]5C(=O)N[C@@H](CCCN=C(N)N)C(=O)N[C@@H](CC(N)=O)C(=O)N[C@@H](CCC(N)=O)C(=O)N[C@@H](CC(=O)O)C(=O)N[C@@H](Cc5c[nH]c6ccccc56)C(=O)N[C@@H](CC(C)C)C(=O)C(=O)O)C(C)C)CC[C@]4(C)[C@H]3CC[C@]12C. The van der Waals surface area contributed by atoms with Crippen molar-refractivity contribution in [3.05, 3.63) is 47.7 Å². The fraction of sp³-hybridized carbons (Fsp3) is 0.711. The number of aliphatic imine (C=N–C) groups is 1. The van der Waals surface area contributed by atoms with Crippen molar-refractivity contribution >= 4 is 139 Å². The van der Waals surface area contributed by atoms with Crippen LogP contribution in [0.25, 0.3) is 10.9 Å². The molecule has 732 valence electrons. The number of ether oxygens (including phenoxy) is 1. The number of aliphatic carboxylic acids is 2. The molecule has 1 aromatic carbocycles. The number of ketones is 1. The molecule has 0 radical (unpaired) electrons. The van der Waals surface area contributed by atoms with E-state index >= 15 is 0 Å². The number of para-hydroxylation sites is 1. The van der Waals surface area contributed by atoms with Gasteiger partial charge in [-0.2, -0.15) is 23.5 Å². The smallest absolute Gasteiger partial charge is 0.407 e. The molecular weight excluding hydrogens is 1750 g/mol. The number of aromatic nitrogens is 1. The molecule has 4 aliphatic carbocycles. The van der Waals surface area contributed by atoms with E-state index in [1.165, 1.54) is 73.4 Å². The van der Waals surface area contributed by atoms with Crippen molar-refractivity contribution in [2.45, 2.75) is 283 Å². The second-order valence-electron chi connectivity index (χ2n) is 37.6. The number of hydrogen-bond acceptors (Lipinski definition) is 23. The zero-order valence-corrected chi connectivity index (χ0v) is 79.8. The van der Waals surface area contributed by atoms with Gasteiger partial charge in [0.1, 0.15) is 54.4 Å². The minimum atomic E-state index is -3.53. The Hall–Kier alpha value is -9.61. The number of fused-ring (bicyclic) bond motifs is 6. The number of likely N-dealkylation sites (tertiary alicyclic amines) is 1. The van der Waals surface area contributed by atoms with E-state index in [0.717, 1.165) is 61.1 Å². The van der Waals surface area contributed by atoms with Crippen molar-refractivity contribution in [2.24, 2.45) is 97.6 Å².